The van der Waals surface area contributed by atoms with Crippen LogP contribution in [0.3, 0.4) is 0 Å². The van der Waals surface area contributed by atoms with Crippen molar-refractivity contribution < 1.29 is 4.79 Å². The number of carbonyl (C=O) groups excluding carboxylic acids is 1. The lowest BCUT2D eigenvalue weighted by molar-refractivity contribution is -0.129. The maximum Gasteiger partial charge on any atom is 0.244 e. The Balaban J connectivity index is 1.75. The van der Waals surface area contributed by atoms with E-state index in [0.717, 1.165) is 36.6 Å². The van der Waals surface area contributed by atoms with Gasteiger partial charge in [-0.15, -0.1) is 15.3 Å². The van der Waals surface area contributed by atoms with Gasteiger partial charge in [0.25, 0.3) is 0 Å². The van der Waals surface area contributed by atoms with Crippen LogP contribution < -0.4 is 4.90 Å². The molecule has 1 fully saturated rings. The monoisotopic (exact) mass is 342 g/mol. The van der Waals surface area contributed by atoms with E-state index >= 15 is 0 Å². The molecule has 1 aliphatic heterocycles. The smallest absolute Gasteiger partial charge is 0.244 e. The number of fused-ring (bicyclic) bond motifs is 1. The predicted octanol–water partition coefficient (Wildman–Crippen LogP) is 1.91. The molecule has 4 rings (SSSR count). The summed E-state index contributed by atoms with van der Waals surface area (Å²) in [5.41, 5.74) is 1.70. The summed E-state index contributed by atoms with van der Waals surface area (Å²) >= 11 is 1.61. The predicted molar refractivity (Wildman–Crippen MR) is 93.2 cm³/mol. The molecule has 0 aromatic carbocycles. The molecule has 1 amide bonds. The van der Waals surface area contributed by atoms with E-state index in [1.807, 2.05) is 29.0 Å². The fourth-order valence-electron chi connectivity index (χ4n) is 3.10. The molecule has 0 radical (unpaired) electrons. The first-order chi connectivity index (χ1) is 11.6. The molecule has 3 aromatic rings. The molecule has 124 valence electrons. The molecular formula is C16H18N6OS. The molecule has 1 saturated heterocycles. The van der Waals surface area contributed by atoms with E-state index in [1.165, 1.54) is 0 Å². The van der Waals surface area contributed by atoms with E-state index in [-0.39, 0.29) is 11.9 Å². The van der Waals surface area contributed by atoms with Gasteiger partial charge >= 0.3 is 0 Å². The number of anilines is 1. The summed E-state index contributed by atoms with van der Waals surface area (Å²) < 4.78 is 1.76. The largest absolute Gasteiger partial charge is 0.347 e. The third-order valence-corrected chi connectivity index (χ3v) is 4.98. The molecule has 0 aliphatic carbocycles. The van der Waals surface area contributed by atoms with Crippen molar-refractivity contribution >= 4 is 28.7 Å². The van der Waals surface area contributed by atoms with Crippen molar-refractivity contribution in [2.45, 2.75) is 18.9 Å². The van der Waals surface area contributed by atoms with Gasteiger partial charge in [-0.1, -0.05) is 0 Å². The van der Waals surface area contributed by atoms with Crippen molar-refractivity contribution in [1.29, 1.82) is 0 Å². The summed E-state index contributed by atoms with van der Waals surface area (Å²) in [4.78, 5) is 16.2. The summed E-state index contributed by atoms with van der Waals surface area (Å²) in [5.74, 6) is 1.63. The van der Waals surface area contributed by atoms with Crippen LogP contribution in [-0.2, 0) is 4.79 Å². The number of likely N-dealkylation sites (N-methyl/N-ethyl adjacent to an activating group) is 1. The Morgan fingerprint density at radius 1 is 1.29 bits per heavy atom. The zero-order valence-electron chi connectivity index (χ0n) is 13.6. The Labute approximate surface area is 143 Å². The molecule has 1 atom stereocenters. The zero-order chi connectivity index (χ0) is 16.7. The highest BCUT2D eigenvalue weighted by molar-refractivity contribution is 7.08. The van der Waals surface area contributed by atoms with E-state index in [1.54, 1.807) is 34.8 Å². The van der Waals surface area contributed by atoms with Crippen LogP contribution in [0.25, 0.3) is 17.0 Å². The standard InChI is InChI=1S/C16H18N6OS/c1-20(2)16(23)12-4-3-8-21(12)14-6-5-13-17-18-15(22(13)19-14)11-7-9-24-10-11/h5-7,9-10,12H,3-4,8H2,1-2H3. The van der Waals surface area contributed by atoms with E-state index < -0.39 is 0 Å². The van der Waals surface area contributed by atoms with Gasteiger partial charge in [-0.3, -0.25) is 4.79 Å². The number of aromatic nitrogens is 4. The molecule has 4 heterocycles. The van der Waals surface area contributed by atoms with E-state index in [0.29, 0.717) is 5.65 Å². The van der Waals surface area contributed by atoms with Crippen LogP contribution >= 0.6 is 11.3 Å². The molecule has 8 heteroatoms. The summed E-state index contributed by atoms with van der Waals surface area (Å²) in [6.07, 6.45) is 1.85. The lowest BCUT2D eigenvalue weighted by Gasteiger charge is -2.26. The summed E-state index contributed by atoms with van der Waals surface area (Å²) in [5, 5.41) is 17.2. The first-order valence-electron chi connectivity index (χ1n) is 7.88. The van der Waals surface area contributed by atoms with Crippen molar-refractivity contribution in [2.24, 2.45) is 0 Å². The van der Waals surface area contributed by atoms with Crippen molar-refractivity contribution in [2.75, 3.05) is 25.5 Å². The van der Waals surface area contributed by atoms with Crippen molar-refractivity contribution in [3.63, 3.8) is 0 Å². The van der Waals surface area contributed by atoms with Gasteiger partial charge in [0, 0.05) is 31.6 Å². The zero-order valence-corrected chi connectivity index (χ0v) is 14.4. The summed E-state index contributed by atoms with van der Waals surface area (Å²) in [6.45, 7) is 0.832. The van der Waals surface area contributed by atoms with Gasteiger partial charge in [-0.05, 0) is 36.4 Å². The van der Waals surface area contributed by atoms with Crippen LogP contribution in [0.15, 0.2) is 29.0 Å². The maximum absolute atomic E-state index is 12.4. The topological polar surface area (TPSA) is 66.6 Å². The molecule has 0 bridgehead atoms. The van der Waals surface area contributed by atoms with E-state index in [4.69, 9.17) is 5.10 Å². The maximum atomic E-state index is 12.4. The summed E-state index contributed by atoms with van der Waals surface area (Å²) in [6, 6.07) is 5.68. The normalized spacial score (nSPS) is 17.6. The third-order valence-electron chi connectivity index (χ3n) is 4.30. The number of thiophene rings is 1. The lowest BCUT2D eigenvalue weighted by Crippen LogP contribution is -2.43. The molecule has 3 aromatic heterocycles. The van der Waals surface area contributed by atoms with Crippen LogP contribution in [0.5, 0.6) is 0 Å². The fraction of sp³-hybridized carbons (Fsp3) is 0.375. The second kappa shape index (κ2) is 5.86. The average Bonchev–Trinajstić information content (AvgIpc) is 3.31. The molecule has 0 N–H and O–H groups in total. The van der Waals surface area contributed by atoms with E-state index in [2.05, 4.69) is 15.1 Å². The number of amides is 1. The molecule has 0 spiro atoms. The van der Waals surface area contributed by atoms with Crippen molar-refractivity contribution in [3.05, 3.63) is 29.0 Å². The summed E-state index contributed by atoms with van der Waals surface area (Å²) in [7, 11) is 3.59. The molecule has 7 nitrogen and oxygen atoms in total. The second-order valence-corrected chi connectivity index (χ2v) is 6.86. The molecule has 1 unspecified atom stereocenters. The Hall–Kier alpha value is -2.48. The first-order valence-corrected chi connectivity index (χ1v) is 8.82. The molecular weight excluding hydrogens is 324 g/mol. The molecule has 1 aliphatic rings. The average molecular weight is 342 g/mol. The highest BCUT2D eigenvalue weighted by Crippen LogP contribution is 2.26. The van der Waals surface area contributed by atoms with Gasteiger partial charge in [-0.2, -0.15) is 15.9 Å². The number of nitrogens with zero attached hydrogens (tertiary/aromatic N) is 6. The van der Waals surface area contributed by atoms with Crippen LogP contribution in [0.2, 0.25) is 0 Å². The Bertz CT molecular complexity index is 872. The second-order valence-electron chi connectivity index (χ2n) is 6.08. The fourth-order valence-corrected chi connectivity index (χ4v) is 3.73. The van der Waals surface area contributed by atoms with Gasteiger partial charge in [0.15, 0.2) is 11.5 Å². The first kappa shape index (κ1) is 15.1. The van der Waals surface area contributed by atoms with Gasteiger partial charge in [-0.25, -0.2) is 0 Å². The van der Waals surface area contributed by atoms with Crippen LogP contribution in [-0.4, -0.2) is 57.3 Å². The minimum Gasteiger partial charge on any atom is -0.347 e. The third kappa shape index (κ3) is 2.43. The Morgan fingerprint density at radius 3 is 2.92 bits per heavy atom. The number of rotatable bonds is 3. The van der Waals surface area contributed by atoms with E-state index in [9.17, 15) is 4.79 Å². The minimum absolute atomic E-state index is 0.121. The van der Waals surface area contributed by atoms with Crippen LogP contribution in [0, 0.1) is 0 Å². The number of carbonyl (C=O) groups is 1. The molecule has 0 saturated carbocycles. The number of hydrogen-bond donors (Lipinski definition) is 0. The highest BCUT2D eigenvalue weighted by atomic mass is 32.1. The van der Waals surface area contributed by atoms with Gasteiger partial charge in [0.1, 0.15) is 11.9 Å². The molecule has 24 heavy (non-hydrogen) atoms. The number of hydrogen-bond acceptors (Lipinski definition) is 6. The van der Waals surface area contributed by atoms with Crippen molar-refractivity contribution in [1.82, 2.24) is 24.7 Å². The van der Waals surface area contributed by atoms with Crippen molar-refractivity contribution in [3.8, 4) is 11.4 Å². The van der Waals surface area contributed by atoms with Crippen LogP contribution in [0.4, 0.5) is 5.82 Å². The van der Waals surface area contributed by atoms with Gasteiger partial charge < -0.3 is 9.80 Å². The van der Waals surface area contributed by atoms with Crippen LogP contribution in [0.1, 0.15) is 12.8 Å². The van der Waals surface area contributed by atoms with Gasteiger partial charge in [0.2, 0.25) is 5.91 Å². The Morgan fingerprint density at radius 2 is 2.17 bits per heavy atom. The lowest BCUT2D eigenvalue weighted by atomic mass is 10.2. The quantitative estimate of drug-likeness (QED) is 0.727. The minimum atomic E-state index is -0.147. The highest BCUT2D eigenvalue weighted by Gasteiger charge is 2.33. The Kier molecular flexibility index (Phi) is 3.68. The van der Waals surface area contributed by atoms with Gasteiger partial charge in [0.05, 0.1) is 0 Å². The SMILES string of the molecule is CN(C)C(=O)C1CCCN1c1ccc2nnc(-c3ccsc3)n2n1.